The fourth-order valence-electron chi connectivity index (χ4n) is 3.03. The predicted octanol–water partition coefficient (Wildman–Crippen LogP) is 2.63. The van der Waals surface area contributed by atoms with Gasteiger partial charge in [-0.3, -0.25) is 4.79 Å². The molecule has 1 aromatic carbocycles. The molecule has 27 heavy (non-hydrogen) atoms. The van der Waals surface area contributed by atoms with Crippen molar-refractivity contribution in [3.8, 4) is 11.7 Å². The van der Waals surface area contributed by atoms with Crippen molar-refractivity contribution >= 4 is 11.7 Å². The number of hydrogen-bond acceptors (Lipinski definition) is 5. The van der Waals surface area contributed by atoms with E-state index < -0.39 is 5.41 Å². The standard InChI is InChI=1S/C19H18FN5O2/c1-19(2)12-9-21-18(23-16(12)22-17(19)26)25-10-15(27-3)14(24-25)8-11-6-4-5-7-13(11)20/h4-7,9-10H,8H2,1-3H3,(H,21,22,23,26). The van der Waals surface area contributed by atoms with Crippen molar-refractivity contribution in [1.82, 2.24) is 19.7 Å². The highest BCUT2D eigenvalue weighted by molar-refractivity contribution is 6.04. The van der Waals surface area contributed by atoms with Gasteiger partial charge in [-0.05, 0) is 25.5 Å². The van der Waals surface area contributed by atoms with Crippen molar-refractivity contribution in [1.29, 1.82) is 0 Å². The first-order chi connectivity index (χ1) is 12.9. The van der Waals surface area contributed by atoms with Crippen molar-refractivity contribution in [3.05, 3.63) is 59.3 Å². The third kappa shape index (κ3) is 2.83. The van der Waals surface area contributed by atoms with E-state index in [-0.39, 0.29) is 18.1 Å². The average molecular weight is 367 g/mol. The molecule has 2 aromatic heterocycles. The van der Waals surface area contributed by atoms with E-state index in [2.05, 4.69) is 20.4 Å². The Bertz CT molecular complexity index is 1040. The van der Waals surface area contributed by atoms with Gasteiger partial charge in [0.2, 0.25) is 5.91 Å². The summed E-state index contributed by atoms with van der Waals surface area (Å²) in [5.74, 6) is 0.853. The molecule has 0 atom stereocenters. The van der Waals surface area contributed by atoms with Crippen molar-refractivity contribution < 1.29 is 13.9 Å². The summed E-state index contributed by atoms with van der Waals surface area (Å²) in [6, 6.07) is 6.53. The summed E-state index contributed by atoms with van der Waals surface area (Å²) in [6.07, 6.45) is 3.54. The van der Waals surface area contributed by atoms with Gasteiger partial charge >= 0.3 is 0 Å². The summed E-state index contributed by atoms with van der Waals surface area (Å²) < 4.78 is 20.8. The van der Waals surface area contributed by atoms with Crippen molar-refractivity contribution in [2.75, 3.05) is 12.4 Å². The van der Waals surface area contributed by atoms with Crippen LogP contribution in [0.1, 0.15) is 30.7 Å². The number of hydrogen-bond donors (Lipinski definition) is 1. The second-order valence-electron chi connectivity index (χ2n) is 6.87. The van der Waals surface area contributed by atoms with Gasteiger partial charge in [-0.1, -0.05) is 18.2 Å². The minimum atomic E-state index is -0.675. The number of fused-ring (bicyclic) bond motifs is 1. The minimum Gasteiger partial charge on any atom is -0.493 e. The van der Waals surface area contributed by atoms with Crippen LogP contribution in [0, 0.1) is 5.82 Å². The van der Waals surface area contributed by atoms with Crippen LogP contribution in [-0.4, -0.2) is 32.8 Å². The summed E-state index contributed by atoms with van der Waals surface area (Å²) in [4.78, 5) is 20.8. The number of anilines is 1. The highest BCUT2D eigenvalue weighted by Gasteiger charge is 2.40. The van der Waals surface area contributed by atoms with Crippen LogP contribution in [-0.2, 0) is 16.6 Å². The average Bonchev–Trinajstić information content (AvgIpc) is 3.15. The van der Waals surface area contributed by atoms with E-state index in [1.54, 1.807) is 30.6 Å². The molecule has 138 valence electrons. The van der Waals surface area contributed by atoms with E-state index in [1.165, 1.54) is 17.9 Å². The fraction of sp³-hybridized carbons (Fsp3) is 0.263. The molecule has 1 aliphatic rings. The van der Waals surface area contributed by atoms with Gasteiger partial charge in [0.15, 0.2) is 5.75 Å². The van der Waals surface area contributed by atoms with Gasteiger partial charge in [-0.2, -0.15) is 10.1 Å². The maximum atomic E-state index is 14.0. The molecule has 3 heterocycles. The summed E-state index contributed by atoms with van der Waals surface area (Å²) in [5, 5.41) is 7.22. The molecule has 7 nitrogen and oxygen atoms in total. The molecular weight excluding hydrogens is 349 g/mol. The van der Waals surface area contributed by atoms with Crippen LogP contribution in [0.2, 0.25) is 0 Å². The van der Waals surface area contributed by atoms with E-state index in [0.29, 0.717) is 28.8 Å². The Hall–Kier alpha value is -3.29. The van der Waals surface area contributed by atoms with E-state index in [9.17, 15) is 9.18 Å². The minimum absolute atomic E-state index is 0.123. The first-order valence-corrected chi connectivity index (χ1v) is 8.45. The van der Waals surface area contributed by atoms with Crippen LogP contribution in [0.25, 0.3) is 5.95 Å². The Morgan fingerprint density at radius 1 is 1.30 bits per heavy atom. The first kappa shape index (κ1) is 17.1. The zero-order valence-electron chi connectivity index (χ0n) is 15.2. The van der Waals surface area contributed by atoms with Crippen LogP contribution < -0.4 is 10.1 Å². The number of halogens is 1. The molecule has 4 rings (SSSR count). The van der Waals surface area contributed by atoms with Gasteiger partial charge in [0.25, 0.3) is 5.95 Å². The number of nitrogens with one attached hydrogen (secondary N) is 1. The van der Waals surface area contributed by atoms with Gasteiger partial charge in [0, 0.05) is 18.2 Å². The number of ether oxygens (including phenoxy) is 1. The van der Waals surface area contributed by atoms with Gasteiger partial charge in [0.1, 0.15) is 17.3 Å². The van der Waals surface area contributed by atoms with Crippen molar-refractivity contribution in [2.24, 2.45) is 0 Å². The monoisotopic (exact) mass is 367 g/mol. The van der Waals surface area contributed by atoms with Gasteiger partial charge in [-0.25, -0.2) is 14.1 Å². The number of carbonyl (C=O) groups is 1. The number of aromatic nitrogens is 4. The molecule has 1 amide bonds. The van der Waals surface area contributed by atoms with Crippen LogP contribution in [0.3, 0.4) is 0 Å². The van der Waals surface area contributed by atoms with Gasteiger partial charge in [0.05, 0.1) is 18.7 Å². The third-order valence-corrected chi connectivity index (χ3v) is 4.74. The lowest BCUT2D eigenvalue weighted by molar-refractivity contribution is -0.119. The topological polar surface area (TPSA) is 81.9 Å². The van der Waals surface area contributed by atoms with Crippen molar-refractivity contribution in [2.45, 2.75) is 25.7 Å². The Balaban J connectivity index is 1.70. The molecule has 1 N–H and O–H groups in total. The van der Waals surface area contributed by atoms with Gasteiger partial charge in [-0.15, -0.1) is 0 Å². The first-order valence-electron chi connectivity index (χ1n) is 8.45. The largest absolute Gasteiger partial charge is 0.493 e. The molecule has 0 spiro atoms. The second kappa shape index (κ2) is 6.15. The van der Waals surface area contributed by atoms with E-state index in [4.69, 9.17) is 4.74 Å². The number of nitrogens with zero attached hydrogens (tertiary/aromatic N) is 4. The Morgan fingerprint density at radius 3 is 2.81 bits per heavy atom. The maximum Gasteiger partial charge on any atom is 0.252 e. The summed E-state index contributed by atoms with van der Waals surface area (Å²) in [7, 11) is 1.53. The predicted molar refractivity (Wildman–Crippen MR) is 96.6 cm³/mol. The summed E-state index contributed by atoms with van der Waals surface area (Å²) in [6.45, 7) is 3.64. The number of carbonyl (C=O) groups excluding carboxylic acids is 1. The van der Waals surface area contributed by atoms with Crippen LogP contribution in [0.5, 0.6) is 5.75 Å². The normalized spacial score (nSPS) is 14.7. The molecule has 3 aromatic rings. The zero-order chi connectivity index (χ0) is 19.2. The summed E-state index contributed by atoms with van der Waals surface area (Å²) >= 11 is 0. The number of methoxy groups -OCH3 is 1. The molecule has 0 fully saturated rings. The molecule has 1 aliphatic heterocycles. The van der Waals surface area contributed by atoms with Crippen LogP contribution in [0.4, 0.5) is 10.2 Å². The number of rotatable bonds is 4. The van der Waals surface area contributed by atoms with Crippen LogP contribution >= 0.6 is 0 Å². The zero-order valence-corrected chi connectivity index (χ0v) is 15.2. The highest BCUT2D eigenvalue weighted by Crippen LogP contribution is 2.35. The van der Waals surface area contributed by atoms with E-state index >= 15 is 0 Å². The quantitative estimate of drug-likeness (QED) is 0.767. The van der Waals surface area contributed by atoms with Crippen molar-refractivity contribution in [3.63, 3.8) is 0 Å². The fourth-order valence-corrected chi connectivity index (χ4v) is 3.03. The van der Waals surface area contributed by atoms with Gasteiger partial charge < -0.3 is 10.1 Å². The highest BCUT2D eigenvalue weighted by atomic mass is 19.1. The maximum absolute atomic E-state index is 14.0. The Labute approximate surface area is 155 Å². The molecule has 0 saturated heterocycles. The lowest BCUT2D eigenvalue weighted by atomic mass is 9.88. The molecule has 0 aliphatic carbocycles. The molecule has 0 radical (unpaired) electrons. The van der Waals surface area contributed by atoms with E-state index in [0.717, 1.165) is 5.56 Å². The van der Waals surface area contributed by atoms with Crippen LogP contribution in [0.15, 0.2) is 36.7 Å². The number of benzene rings is 1. The smallest absolute Gasteiger partial charge is 0.252 e. The molecule has 0 unspecified atom stereocenters. The third-order valence-electron chi connectivity index (χ3n) is 4.74. The molecular formula is C19H18FN5O2. The summed E-state index contributed by atoms with van der Waals surface area (Å²) in [5.41, 5.74) is 1.15. The lowest BCUT2D eigenvalue weighted by Crippen LogP contribution is -2.26. The Kier molecular flexibility index (Phi) is 3.91. The molecule has 0 bridgehead atoms. The lowest BCUT2D eigenvalue weighted by Gasteiger charge is -2.13. The molecule has 8 heteroatoms. The Morgan fingerprint density at radius 2 is 2.07 bits per heavy atom. The second-order valence-corrected chi connectivity index (χ2v) is 6.87. The van der Waals surface area contributed by atoms with E-state index in [1.807, 2.05) is 13.8 Å². The molecule has 0 saturated carbocycles. The SMILES string of the molecule is COc1cn(-c2ncc3c(n2)NC(=O)C3(C)C)nc1Cc1ccccc1F. The number of amides is 1.